The molecule has 1 amide bonds. The molecule has 0 spiro atoms. The highest BCUT2D eigenvalue weighted by Gasteiger charge is 2.28. The van der Waals surface area contributed by atoms with Gasteiger partial charge in [-0.3, -0.25) is 19.7 Å². The summed E-state index contributed by atoms with van der Waals surface area (Å²) in [6.45, 7) is 3.88. The van der Waals surface area contributed by atoms with E-state index in [2.05, 4.69) is 26.8 Å². The molecule has 0 unspecified atom stereocenters. The fourth-order valence-electron chi connectivity index (χ4n) is 3.48. The van der Waals surface area contributed by atoms with Gasteiger partial charge >= 0.3 is 0 Å². The van der Waals surface area contributed by atoms with Gasteiger partial charge < -0.3 is 0 Å². The molecule has 0 aliphatic carbocycles. The van der Waals surface area contributed by atoms with Gasteiger partial charge in [-0.2, -0.15) is 5.10 Å². The predicted molar refractivity (Wildman–Crippen MR) is 107 cm³/mol. The smallest absolute Gasteiger partial charge is 0.257 e. The minimum atomic E-state index is -0.118. The highest BCUT2D eigenvalue weighted by Crippen LogP contribution is 2.34. The van der Waals surface area contributed by atoms with Gasteiger partial charge in [0.2, 0.25) is 0 Å². The first-order valence-corrected chi connectivity index (χ1v) is 10.0. The van der Waals surface area contributed by atoms with E-state index < -0.39 is 0 Å². The van der Waals surface area contributed by atoms with Crippen LogP contribution in [-0.2, 0) is 13.6 Å². The molecule has 1 aliphatic rings. The van der Waals surface area contributed by atoms with E-state index in [0.717, 1.165) is 42.9 Å². The summed E-state index contributed by atoms with van der Waals surface area (Å²) in [5.74, 6) is -0.118. The van der Waals surface area contributed by atoms with Gasteiger partial charge in [-0.1, -0.05) is 17.7 Å². The third-order valence-corrected chi connectivity index (χ3v) is 5.67. The Hall–Kier alpha value is -2.51. The zero-order valence-electron chi connectivity index (χ0n) is 15.6. The number of likely N-dealkylation sites (tertiary alicyclic amines) is 1. The normalized spacial score (nSPS) is 17.3. The largest absolute Gasteiger partial charge is 0.298 e. The van der Waals surface area contributed by atoms with E-state index in [1.54, 1.807) is 0 Å². The minimum absolute atomic E-state index is 0.118. The fourth-order valence-corrected chi connectivity index (χ4v) is 4.23. The number of aromatic nitrogens is 3. The third kappa shape index (κ3) is 4.09. The van der Waals surface area contributed by atoms with Crippen LogP contribution in [-0.4, -0.2) is 32.1 Å². The second-order valence-electron chi connectivity index (χ2n) is 7.01. The van der Waals surface area contributed by atoms with Gasteiger partial charge in [0.15, 0.2) is 5.13 Å². The van der Waals surface area contributed by atoms with Crippen LogP contribution < -0.4 is 5.32 Å². The topological polar surface area (TPSA) is 63.1 Å². The summed E-state index contributed by atoms with van der Waals surface area (Å²) in [6, 6.07) is 9.90. The lowest BCUT2D eigenvalue weighted by molar-refractivity contribution is 0.102. The third-order valence-electron chi connectivity index (χ3n) is 4.90. The molecule has 2 aromatic heterocycles. The Morgan fingerprint density at radius 2 is 2.11 bits per heavy atom. The van der Waals surface area contributed by atoms with Gasteiger partial charge in [0.25, 0.3) is 5.91 Å². The maximum Gasteiger partial charge on any atom is 0.257 e. The lowest BCUT2D eigenvalue weighted by atomic mass is 10.1. The van der Waals surface area contributed by atoms with Gasteiger partial charge in [0, 0.05) is 30.7 Å². The van der Waals surface area contributed by atoms with Gasteiger partial charge in [-0.05, 0) is 44.5 Å². The van der Waals surface area contributed by atoms with Gasteiger partial charge in [-0.15, -0.1) is 11.3 Å². The predicted octanol–water partition coefficient (Wildman–Crippen LogP) is 3.77. The molecule has 0 radical (unpaired) electrons. The Bertz CT molecular complexity index is 930. The van der Waals surface area contributed by atoms with Crippen LogP contribution in [0.2, 0.25) is 0 Å². The number of carbonyl (C=O) groups is 1. The quantitative estimate of drug-likeness (QED) is 0.731. The lowest BCUT2D eigenvalue weighted by Gasteiger charge is -2.21. The van der Waals surface area contributed by atoms with Crippen LogP contribution in [0.4, 0.5) is 5.13 Å². The first-order chi connectivity index (χ1) is 13.1. The van der Waals surface area contributed by atoms with Crippen molar-refractivity contribution >= 4 is 22.4 Å². The molecule has 1 fully saturated rings. The number of thiazole rings is 1. The van der Waals surface area contributed by atoms with Crippen molar-refractivity contribution in [2.45, 2.75) is 32.4 Å². The highest BCUT2D eigenvalue weighted by atomic mass is 32.1. The van der Waals surface area contributed by atoms with Crippen LogP contribution in [0.3, 0.4) is 0 Å². The molecule has 6 nitrogen and oxygen atoms in total. The molecule has 0 bridgehead atoms. The maximum absolute atomic E-state index is 12.4. The van der Waals surface area contributed by atoms with Crippen molar-refractivity contribution in [2.75, 3.05) is 11.9 Å². The number of nitrogens with one attached hydrogen (secondary N) is 1. The molecule has 0 saturated carbocycles. The molecule has 1 N–H and O–H groups in total. The average molecular weight is 382 g/mol. The van der Waals surface area contributed by atoms with E-state index >= 15 is 0 Å². The molecule has 3 heterocycles. The Morgan fingerprint density at radius 3 is 2.85 bits per heavy atom. The highest BCUT2D eigenvalue weighted by molar-refractivity contribution is 7.14. The summed E-state index contributed by atoms with van der Waals surface area (Å²) in [4.78, 5) is 19.5. The molecule has 4 rings (SSSR count). The van der Waals surface area contributed by atoms with Crippen molar-refractivity contribution in [2.24, 2.45) is 7.05 Å². The number of rotatable bonds is 5. The molecular weight excluding hydrogens is 358 g/mol. The summed E-state index contributed by atoms with van der Waals surface area (Å²) >= 11 is 1.49. The molecule has 1 atom stereocenters. The van der Waals surface area contributed by atoms with Crippen molar-refractivity contribution in [1.82, 2.24) is 19.7 Å². The summed E-state index contributed by atoms with van der Waals surface area (Å²) in [6.07, 6.45) is 4.21. The molecule has 27 heavy (non-hydrogen) atoms. The van der Waals surface area contributed by atoms with E-state index in [1.807, 2.05) is 49.1 Å². The van der Waals surface area contributed by atoms with Crippen molar-refractivity contribution in [3.8, 4) is 0 Å². The van der Waals surface area contributed by atoms with Crippen LogP contribution in [0.15, 0.2) is 41.9 Å². The number of nitrogens with zero attached hydrogens (tertiary/aromatic N) is 4. The Balaban J connectivity index is 1.43. The van der Waals surface area contributed by atoms with Crippen LogP contribution in [0.25, 0.3) is 0 Å². The number of amides is 1. The van der Waals surface area contributed by atoms with Gasteiger partial charge in [0.1, 0.15) is 0 Å². The summed E-state index contributed by atoms with van der Waals surface area (Å²) < 4.78 is 1.84. The van der Waals surface area contributed by atoms with Crippen molar-refractivity contribution in [3.63, 3.8) is 0 Å². The second kappa shape index (κ2) is 7.62. The van der Waals surface area contributed by atoms with Gasteiger partial charge in [0.05, 0.1) is 17.4 Å². The number of hydrogen-bond acceptors (Lipinski definition) is 5. The summed E-state index contributed by atoms with van der Waals surface area (Å²) in [5.41, 5.74) is 3.90. The van der Waals surface area contributed by atoms with Crippen molar-refractivity contribution in [1.29, 1.82) is 0 Å². The first-order valence-electron chi connectivity index (χ1n) is 9.14. The molecule has 1 saturated heterocycles. The Labute approximate surface area is 162 Å². The number of aryl methyl sites for hydroxylation is 2. The van der Waals surface area contributed by atoms with Crippen LogP contribution in [0.1, 0.15) is 46.2 Å². The van der Waals surface area contributed by atoms with Gasteiger partial charge in [-0.25, -0.2) is 4.98 Å². The molecule has 7 heteroatoms. The average Bonchev–Trinajstić information content (AvgIpc) is 3.37. The maximum atomic E-state index is 12.4. The molecule has 140 valence electrons. The Morgan fingerprint density at radius 1 is 1.30 bits per heavy atom. The van der Waals surface area contributed by atoms with E-state index in [0.29, 0.717) is 10.7 Å². The zero-order valence-corrected chi connectivity index (χ0v) is 16.4. The number of benzene rings is 1. The van der Waals surface area contributed by atoms with E-state index in [4.69, 9.17) is 4.98 Å². The monoisotopic (exact) mass is 381 g/mol. The molecule has 1 aliphatic heterocycles. The molecule has 1 aromatic carbocycles. The van der Waals surface area contributed by atoms with Crippen molar-refractivity contribution < 1.29 is 4.79 Å². The van der Waals surface area contributed by atoms with Crippen LogP contribution >= 0.6 is 11.3 Å². The number of carbonyl (C=O) groups excluding carboxylic acids is 1. The van der Waals surface area contributed by atoms with Crippen LogP contribution in [0, 0.1) is 6.92 Å². The first kappa shape index (κ1) is 17.9. The number of hydrogen-bond donors (Lipinski definition) is 1. The summed E-state index contributed by atoms with van der Waals surface area (Å²) in [7, 11) is 1.94. The number of anilines is 1. The zero-order chi connectivity index (χ0) is 18.8. The minimum Gasteiger partial charge on any atom is -0.298 e. The van der Waals surface area contributed by atoms with Crippen LogP contribution in [0.5, 0.6) is 0 Å². The standard InChI is InChI=1S/C20H23N5OS/c1-14-5-7-15(8-6-14)19(26)22-20-21-17(13-27-20)18-4-3-10-25(18)12-16-9-11-24(2)23-16/h5-9,11,13,18H,3-4,10,12H2,1-2H3,(H,21,22,26)/t18-/m0/s1. The molecule has 3 aromatic rings. The molecular formula is C20H23N5OS. The van der Waals surface area contributed by atoms with E-state index in [1.165, 1.54) is 11.3 Å². The SMILES string of the molecule is Cc1ccc(C(=O)Nc2nc([C@@H]3CCCN3Cc3ccn(C)n3)cs2)cc1. The lowest BCUT2D eigenvalue weighted by Crippen LogP contribution is -2.23. The van der Waals surface area contributed by atoms with E-state index in [-0.39, 0.29) is 11.9 Å². The van der Waals surface area contributed by atoms with E-state index in [9.17, 15) is 4.79 Å². The second-order valence-corrected chi connectivity index (χ2v) is 7.87. The fraction of sp³-hybridized carbons (Fsp3) is 0.350. The summed E-state index contributed by atoms with van der Waals surface area (Å²) in [5, 5.41) is 10.1. The Kier molecular flexibility index (Phi) is 5.05. The van der Waals surface area contributed by atoms with Crippen molar-refractivity contribution in [3.05, 3.63) is 64.4 Å².